The van der Waals surface area contributed by atoms with Gasteiger partial charge in [-0.05, 0) is 36.4 Å². The van der Waals surface area contributed by atoms with Crippen molar-refractivity contribution in [2.24, 2.45) is 0 Å². The summed E-state index contributed by atoms with van der Waals surface area (Å²) in [5.74, 6) is -0.157. The van der Waals surface area contributed by atoms with Crippen molar-refractivity contribution in [3.63, 3.8) is 0 Å². The summed E-state index contributed by atoms with van der Waals surface area (Å²) in [6, 6.07) is 16.5. The van der Waals surface area contributed by atoms with E-state index in [4.69, 9.17) is 5.26 Å². The summed E-state index contributed by atoms with van der Waals surface area (Å²) in [5, 5.41) is 14.6. The van der Waals surface area contributed by atoms with Gasteiger partial charge in [0.2, 0.25) is 5.91 Å². The summed E-state index contributed by atoms with van der Waals surface area (Å²) in [7, 11) is 0. The van der Waals surface area contributed by atoms with Crippen LogP contribution in [0.5, 0.6) is 0 Å². The normalized spacial score (nSPS) is 13.6. The molecule has 1 aliphatic rings. The molecule has 2 aromatic carbocycles. The molecule has 7 heteroatoms. The zero-order valence-electron chi connectivity index (χ0n) is 15.1. The molecule has 1 aliphatic heterocycles. The Morgan fingerprint density at radius 3 is 2.30 bits per heavy atom. The third-order valence-electron chi connectivity index (χ3n) is 4.34. The van der Waals surface area contributed by atoms with Gasteiger partial charge in [0.15, 0.2) is 0 Å². The number of hydrogen-bond acceptors (Lipinski definition) is 4. The highest BCUT2D eigenvalue weighted by molar-refractivity contribution is 5.92. The van der Waals surface area contributed by atoms with Gasteiger partial charge < -0.3 is 20.4 Å². The van der Waals surface area contributed by atoms with E-state index in [-0.39, 0.29) is 11.9 Å². The van der Waals surface area contributed by atoms with Gasteiger partial charge in [0.05, 0.1) is 11.6 Å². The van der Waals surface area contributed by atoms with Crippen LogP contribution in [0.2, 0.25) is 0 Å². The van der Waals surface area contributed by atoms with E-state index in [1.54, 1.807) is 35.2 Å². The summed E-state index contributed by atoms with van der Waals surface area (Å²) in [4.78, 5) is 27.6. The number of urea groups is 1. The third-order valence-corrected chi connectivity index (χ3v) is 4.34. The molecule has 0 aromatic heterocycles. The van der Waals surface area contributed by atoms with Crippen molar-refractivity contribution < 1.29 is 9.59 Å². The number of benzene rings is 2. The summed E-state index contributed by atoms with van der Waals surface area (Å²) in [6.07, 6.45) is 0. The predicted molar refractivity (Wildman–Crippen MR) is 105 cm³/mol. The fourth-order valence-electron chi connectivity index (χ4n) is 3.02. The number of carbonyl (C=O) groups excluding carboxylic acids is 2. The molecule has 2 aromatic rings. The Morgan fingerprint density at radius 1 is 0.963 bits per heavy atom. The lowest BCUT2D eigenvalue weighted by Gasteiger charge is -2.36. The summed E-state index contributed by atoms with van der Waals surface area (Å²) in [5.41, 5.74) is 2.90. The second kappa shape index (κ2) is 8.23. The number of carbonyl (C=O) groups is 2. The highest BCUT2D eigenvalue weighted by Crippen LogP contribution is 2.19. The minimum Gasteiger partial charge on any atom is -0.368 e. The molecule has 0 bridgehead atoms. The highest BCUT2D eigenvalue weighted by atomic mass is 16.2. The first-order chi connectivity index (χ1) is 13.0. The topological polar surface area (TPSA) is 88.5 Å². The van der Waals surface area contributed by atoms with E-state index in [1.165, 1.54) is 6.92 Å². The van der Waals surface area contributed by atoms with Crippen LogP contribution in [-0.4, -0.2) is 43.0 Å². The standard InChI is InChI=1S/C20H21N5O2/c1-15(26)22-17-5-3-6-18(13-17)23-20(27)25-10-8-24(9-11-25)19-7-2-4-16(12-19)14-21/h2-7,12-13H,8-11H2,1H3,(H,22,26)(H,23,27). The number of nitrogens with zero attached hydrogens (tertiary/aromatic N) is 3. The average molecular weight is 363 g/mol. The molecule has 0 atom stereocenters. The van der Waals surface area contributed by atoms with Crippen LogP contribution in [-0.2, 0) is 4.79 Å². The number of anilines is 3. The lowest BCUT2D eigenvalue weighted by atomic mass is 10.2. The molecule has 1 fully saturated rings. The van der Waals surface area contributed by atoms with Crippen LogP contribution < -0.4 is 15.5 Å². The van der Waals surface area contributed by atoms with Crippen LogP contribution in [0.1, 0.15) is 12.5 Å². The van der Waals surface area contributed by atoms with Crippen LogP contribution in [0.4, 0.5) is 21.9 Å². The van der Waals surface area contributed by atoms with Crippen LogP contribution in [0.3, 0.4) is 0 Å². The molecule has 3 amide bonds. The molecular weight excluding hydrogens is 342 g/mol. The Kier molecular flexibility index (Phi) is 5.57. The highest BCUT2D eigenvalue weighted by Gasteiger charge is 2.21. The van der Waals surface area contributed by atoms with E-state index in [9.17, 15) is 9.59 Å². The van der Waals surface area contributed by atoms with Gasteiger partial charge in [-0.3, -0.25) is 4.79 Å². The van der Waals surface area contributed by atoms with Gasteiger partial charge in [0.25, 0.3) is 0 Å². The Bertz CT molecular complexity index is 882. The van der Waals surface area contributed by atoms with Gasteiger partial charge in [-0.25, -0.2) is 4.79 Å². The van der Waals surface area contributed by atoms with Gasteiger partial charge in [0, 0.05) is 50.2 Å². The Labute approximate surface area is 158 Å². The fraction of sp³-hybridized carbons (Fsp3) is 0.250. The van der Waals surface area contributed by atoms with Crippen LogP contribution in [0.25, 0.3) is 0 Å². The summed E-state index contributed by atoms with van der Waals surface area (Å²) in [6.45, 7) is 4.03. The van der Waals surface area contributed by atoms with Crippen LogP contribution in [0.15, 0.2) is 48.5 Å². The maximum atomic E-state index is 12.5. The first kappa shape index (κ1) is 18.3. The molecule has 1 saturated heterocycles. The van der Waals surface area contributed by atoms with Crippen molar-refractivity contribution in [2.45, 2.75) is 6.92 Å². The smallest absolute Gasteiger partial charge is 0.321 e. The average Bonchev–Trinajstić information content (AvgIpc) is 2.68. The quantitative estimate of drug-likeness (QED) is 0.878. The molecule has 0 spiro atoms. The molecule has 138 valence electrons. The molecule has 27 heavy (non-hydrogen) atoms. The number of rotatable bonds is 3. The van der Waals surface area contributed by atoms with Crippen LogP contribution >= 0.6 is 0 Å². The zero-order chi connectivity index (χ0) is 19.2. The maximum absolute atomic E-state index is 12.5. The monoisotopic (exact) mass is 363 g/mol. The number of piperazine rings is 1. The van der Waals surface area contributed by atoms with Gasteiger partial charge in [-0.2, -0.15) is 5.26 Å². The summed E-state index contributed by atoms with van der Waals surface area (Å²) < 4.78 is 0. The van der Waals surface area contributed by atoms with Crippen molar-refractivity contribution in [3.05, 3.63) is 54.1 Å². The van der Waals surface area contributed by atoms with E-state index < -0.39 is 0 Å². The van der Waals surface area contributed by atoms with Crippen molar-refractivity contribution in [2.75, 3.05) is 41.7 Å². The Morgan fingerprint density at radius 2 is 1.63 bits per heavy atom. The van der Waals surface area contributed by atoms with Crippen molar-refractivity contribution in [1.29, 1.82) is 5.26 Å². The van der Waals surface area contributed by atoms with Gasteiger partial charge in [-0.1, -0.05) is 12.1 Å². The second-order valence-electron chi connectivity index (χ2n) is 6.33. The maximum Gasteiger partial charge on any atom is 0.321 e. The predicted octanol–water partition coefficient (Wildman–Crippen LogP) is 2.87. The zero-order valence-corrected chi connectivity index (χ0v) is 15.1. The number of hydrogen-bond donors (Lipinski definition) is 2. The molecule has 2 N–H and O–H groups in total. The Balaban J connectivity index is 1.57. The van der Waals surface area contributed by atoms with E-state index in [1.807, 2.05) is 18.2 Å². The SMILES string of the molecule is CC(=O)Nc1cccc(NC(=O)N2CCN(c3cccc(C#N)c3)CC2)c1. The lowest BCUT2D eigenvalue weighted by Crippen LogP contribution is -2.50. The molecular formula is C20H21N5O2. The third kappa shape index (κ3) is 4.76. The van der Waals surface area contributed by atoms with E-state index in [0.29, 0.717) is 43.1 Å². The largest absolute Gasteiger partial charge is 0.368 e. The van der Waals surface area contributed by atoms with Crippen molar-refractivity contribution in [1.82, 2.24) is 4.90 Å². The second-order valence-corrected chi connectivity index (χ2v) is 6.33. The van der Waals surface area contributed by atoms with Gasteiger partial charge in [0.1, 0.15) is 0 Å². The lowest BCUT2D eigenvalue weighted by molar-refractivity contribution is -0.114. The van der Waals surface area contributed by atoms with Gasteiger partial charge in [-0.15, -0.1) is 0 Å². The molecule has 7 nitrogen and oxygen atoms in total. The molecule has 3 rings (SSSR count). The number of nitriles is 1. The fourth-order valence-corrected chi connectivity index (χ4v) is 3.02. The van der Waals surface area contributed by atoms with Gasteiger partial charge >= 0.3 is 6.03 Å². The first-order valence-corrected chi connectivity index (χ1v) is 8.74. The molecule has 0 aliphatic carbocycles. The number of nitrogens with one attached hydrogen (secondary N) is 2. The number of amides is 3. The van der Waals surface area contributed by atoms with E-state index >= 15 is 0 Å². The van der Waals surface area contributed by atoms with E-state index in [0.717, 1.165) is 5.69 Å². The first-order valence-electron chi connectivity index (χ1n) is 8.74. The Hall–Kier alpha value is -3.53. The molecule has 0 saturated carbocycles. The van der Waals surface area contributed by atoms with Crippen molar-refractivity contribution in [3.8, 4) is 6.07 Å². The molecule has 1 heterocycles. The molecule has 0 unspecified atom stereocenters. The van der Waals surface area contributed by atoms with Crippen LogP contribution in [0, 0.1) is 11.3 Å². The van der Waals surface area contributed by atoms with Crippen molar-refractivity contribution >= 4 is 29.0 Å². The minimum absolute atomic E-state index is 0.157. The minimum atomic E-state index is -0.166. The van der Waals surface area contributed by atoms with E-state index in [2.05, 4.69) is 21.6 Å². The summed E-state index contributed by atoms with van der Waals surface area (Å²) >= 11 is 0. The molecule has 0 radical (unpaired) electrons.